The van der Waals surface area contributed by atoms with Crippen LogP contribution in [-0.2, 0) is 16.0 Å². The average Bonchev–Trinajstić information content (AvgIpc) is 3.25. The van der Waals surface area contributed by atoms with Crippen molar-refractivity contribution in [1.82, 2.24) is 14.7 Å². The first-order chi connectivity index (χ1) is 16.0. The normalized spacial score (nSPS) is 22.9. The van der Waals surface area contributed by atoms with Gasteiger partial charge in [0.1, 0.15) is 5.54 Å². The van der Waals surface area contributed by atoms with Crippen LogP contribution in [-0.4, -0.2) is 77.2 Å². The van der Waals surface area contributed by atoms with Gasteiger partial charge in [0.15, 0.2) is 0 Å². The van der Waals surface area contributed by atoms with E-state index in [9.17, 15) is 14.4 Å². The highest BCUT2D eigenvalue weighted by Gasteiger charge is 2.51. The second-order valence-electron chi connectivity index (χ2n) is 9.02. The number of benzene rings is 2. The second-order valence-corrected chi connectivity index (χ2v) is 9.42. The molecule has 1 unspecified atom stereocenters. The Kier molecular flexibility index (Phi) is 5.85. The molecule has 5 rings (SSSR count). The molecule has 3 heterocycles. The van der Waals surface area contributed by atoms with Gasteiger partial charge in [0.05, 0.1) is 17.1 Å². The smallest absolute Gasteiger partial charge is 0.255 e. The molecule has 7 nitrogen and oxygen atoms in total. The molecule has 1 spiro atoms. The summed E-state index contributed by atoms with van der Waals surface area (Å²) in [5.41, 5.74) is 1.62. The van der Waals surface area contributed by atoms with Gasteiger partial charge < -0.3 is 15.1 Å². The number of para-hydroxylation sites is 1. The zero-order valence-corrected chi connectivity index (χ0v) is 19.2. The Bertz CT molecular complexity index is 1100. The Hall–Kier alpha value is -2.90. The molecule has 1 atom stereocenters. The molecule has 8 heteroatoms. The number of hydrogen-bond acceptors (Lipinski definition) is 4. The lowest BCUT2D eigenvalue weighted by molar-refractivity contribution is -0.144. The molecule has 172 valence electrons. The molecule has 3 amide bonds. The van der Waals surface area contributed by atoms with Gasteiger partial charge in [0, 0.05) is 44.8 Å². The van der Waals surface area contributed by atoms with Crippen LogP contribution in [0.3, 0.4) is 0 Å². The third kappa shape index (κ3) is 4.00. The van der Waals surface area contributed by atoms with Gasteiger partial charge in [-0.25, -0.2) is 0 Å². The summed E-state index contributed by atoms with van der Waals surface area (Å²) < 4.78 is 0. The fourth-order valence-corrected chi connectivity index (χ4v) is 5.50. The van der Waals surface area contributed by atoms with Crippen molar-refractivity contribution < 1.29 is 14.4 Å². The Morgan fingerprint density at radius 3 is 2.48 bits per heavy atom. The van der Waals surface area contributed by atoms with Crippen LogP contribution in [0.15, 0.2) is 48.5 Å². The number of nitrogens with one attached hydrogen (secondary N) is 1. The van der Waals surface area contributed by atoms with Crippen molar-refractivity contribution in [2.45, 2.75) is 24.8 Å². The number of rotatable bonds is 3. The van der Waals surface area contributed by atoms with Crippen molar-refractivity contribution in [2.75, 3.05) is 44.6 Å². The number of amides is 3. The topological polar surface area (TPSA) is 73.0 Å². The van der Waals surface area contributed by atoms with Crippen molar-refractivity contribution in [1.29, 1.82) is 0 Å². The van der Waals surface area contributed by atoms with Crippen molar-refractivity contribution in [2.24, 2.45) is 0 Å². The fraction of sp³-hybridized carbons (Fsp3) is 0.400. The van der Waals surface area contributed by atoms with E-state index in [0.717, 1.165) is 17.7 Å². The van der Waals surface area contributed by atoms with Gasteiger partial charge in [-0.1, -0.05) is 41.9 Å². The lowest BCUT2D eigenvalue weighted by Crippen LogP contribution is -2.60. The van der Waals surface area contributed by atoms with Crippen LogP contribution >= 0.6 is 11.6 Å². The van der Waals surface area contributed by atoms with Crippen LogP contribution in [0.5, 0.6) is 0 Å². The van der Waals surface area contributed by atoms with E-state index in [4.69, 9.17) is 11.6 Å². The van der Waals surface area contributed by atoms with Gasteiger partial charge in [-0.05, 0) is 36.6 Å². The lowest BCUT2D eigenvalue weighted by Gasteiger charge is -2.42. The van der Waals surface area contributed by atoms with E-state index in [2.05, 4.69) is 10.2 Å². The molecule has 0 aliphatic carbocycles. The first-order valence-corrected chi connectivity index (χ1v) is 11.8. The SMILES string of the molecule is O=C(c1ccccc1Cl)N1CCN(CC(=O)N2CCCC23Cc2ccccc2NC3=O)CC1. The fourth-order valence-electron chi connectivity index (χ4n) is 5.28. The van der Waals surface area contributed by atoms with Gasteiger partial charge in [-0.3, -0.25) is 19.3 Å². The van der Waals surface area contributed by atoms with Crippen LogP contribution in [0, 0.1) is 0 Å². The molecule has 3 aliphatic rings. The summed E-state index contributed by atoms with van der Waals surface area (Å²) in [6.45, 7) is 3.15. The third-order valence-electron chi connectivity index (χ3n) is 7.08. The van der Waals surface area contributed by atoms with E-state index in [0.29, 0.717) is 56.2 Å². The number of carbonyl (C=O) groups excluding carboxylic acids is 3. The Labute approximate surface area is 198 Å². The summed E-state index contributed by atoms with van der Waals surface area (Å²) in [6.07, 6.45) is 2.06. The molecule has 2 fully saturated rings. The maximum atomic E-state index is 13.3. The maximum Gasteiger partial charge on any atom is 0.255 e. The summed E-state index contributed by atoms with van der Waals surface area (Å²) in [4.78, 5) is 44.9. The molecular formula is C25H27ClN4O3. The molecule has 1 N–H and O–H groups in total. The van der Waals surface area contributed by atoms with Crippen LogP contribution in [0.4, 0.5) is 5.69 Å². The first-order valence-electron chi connectivity index (χ1n) is 11.4. The number of halogens is 1. The van der Waals surface area contributed by atoms with E-state index in [1.807, 2.05) is 24.3 Å². The first kappa shape index (κ1) is 21.9. The summed E-state index contributed by atoms with van der Waals surface area (Å²) in [5, 5.41) is 3.47. The van der Waals surface area contributed by atoms with Crippen molar-refractivity contribution in [3.63, 3.8) is 0 Å². The molecule has 2 saturated heterocycles. The monoisotopic (exact) mass is 466 g/mol. The van der Waals surface area contributed by atoms with Crippen LogP contribution < -0.4 is 5.32 Å². The van der Waals surface area contributed by atoms with Gasteiger partial charge in [-0.15, -0.1) is 0 Å². The summed E-state index contributed by atoms with van der Waals surface area (Å²) in [6, 6.07) is 14.9. The Morgan fingerprint density at radius 2 is 1.70 bits per heavy atom. The predicted octanol–water partition coefficient (Wildman–Crippen LogP) is 2.65. The highest BCUT2D eigenvalue weighted by Crippen LogP contribution is 2.39. The van der Waals surface area contributed by atoms with E-state index < -0.39 is 5.54 Å². The number of carbonyl (C=O) groups is 3. The lowest BCUT2D eigenvalue weighted by atomic mass is 9.83. The molecule has 0 saturated carbocycles. The average molecular weight is 467 g/mol. The molecular weight excluding hydrogens is 440 g/mol. The number of nitrogens with zero attached hydrogens (tertiary/aromatic N) is 3. The summed E-state index contributed by atoms with van der Waals surface area (Å²) in [7, 11) is 0. The Balaban J connectivity index is 1.22. The minimum Gasteiger partial charge on any atom is -0.336 e. The number of fused-ring (bicyclic) bond motifs is 1. The highest BCUT2D eigenvalue weighted by molar-refractivity contribution is 6.33. The van der Waals surface area contributed by atoms with Crippen molar-refractivity contribution >= 4 is 35.0 Å². The van der Waals surface area contributed by atoms with Crippen LogP contribution in [0.1, 0.15) is 28.8 Å². The van der Waals surface area contributed by atoms with Gasteiger partial charge in [0.2, 0.25) is 5.91 Å². The molecule has 0 radical (unpaired) electrons. The zero-order valence-electron chi connectivity index (χ0n) is 18.4. The number of piperazine rings is 1. The van der Waals surface area contributed by atoms with E-state index in [1.165, 1.54) is 0 Å². The summed E-state index contributed by atoms with van der Waals surface area (Å²) >= 11 is 6.18. The van der Waals surface area contributed by atoms with E-state index in [-0.39, 0.29) is 24.3 Å². The largest absolute Gasteiger partial charge is 0.336 e. The predicted molar refractivity (Wildman–Crippen MR) is 126 cm³/mol. The van der Waals surface area contributed by atoms with Crippen molar-refractivity contribution in [3.8, 4) is 0 Å². The van der Waals surface area contributed by atoms with Gasteiger partial charge in [0.25, 0.3) is 11.8 Å². The van der Waals surface area contributed by atoms with Gasteiger partial charge in [-0.2, -0.15) is 0 Å². The van der Waals surface area contributed by atoms with Crippen LogP contribution in [0.2, 0.25) is 5.02 Å². The van der Waals surface area contributed by atoms with Gasteiger partial charge >= 0.3 is 0 Å². The van der Waals surface area contributed by atoms with Crippen molar-refractivity contribution in [3.05, 3.63) is 64.7 Å². The molecule has 2 aromatic carbocycles. The minimum absolute atomic E-state index is 0.0205. The quantitative estimate of drug-likeness (QED) is 0.754. The Morgan fingerprint density at radius 1 is 0.970 bits per heavy atom. The van der Waals surface area contributed by atoms with E-state index in [1.54, 1.807) is 34.1 Å². The molecule has 33 heavy (non-hydrogen) atoms. The molecule has 2 aromatic rings. The molecule has 0 bridgehead atoms. The van der Waals surface area contributed by atoms with Crippen LogP contribution in [0.25, 0.3) is 0 Å². The molecule has 3 aliphatic heterocycles. The zero-order chi connectivity index (χ0) is 23.0. The maximum absolute atomic E-state index is 13.3. The number of likely N-dealkylation sites (tertiary alicyclic amines) is 1. The van der Waals surface area contributed by atoms with E-state index >= 15 is 0 Å². The standard InChI is InChI=1S/C25H27ClN4O3/c26-20-8-3-2-7-19(20)23(32)29-14-12-28(13-15-29)17-22(31)30-11-5-10-25(30)16-18-6-1-4-9-21(18)27-24(25)33/h1-4,6-9H,5,10-17H2,(H,27,33). The molecule has 0 aromatic heterocycles. The second kappa shape index (κ2) is 8.80. The summed E-state index contributed by atoms with van der Waals surface area (Å²) in [5.74, 6) is -0.183. The minimum atomic E-state index is -0.798. The number of hydrogen-bond donors (Lipinski definition) is 1. The third-order valence-corrected chi connectivity index (χ3v) is 7.41. The number of anilines is 1. The highest BCUT2D eigenvalue weighted by atomic mass is 35.5.